The Bertz CT molecular complexity index is 219. The van der Waals surface area contributed by atoms with Crippen LogP contribution in [-0.2, 0) is 4.74 Å². The van der Waals surface area contributed by atoms with Crippen LogP contribution in [0.3, 0.4) is 0 Å². The van der Waals surface area contributed by atoms with Gasteiger partial charge in [-0.05, 0) is 32.9 Å². The molecular formula is C13H22O. The van der Waals surface area contributed by atoms with Gasteiger partial charge < -0.3 is 4.74 Å². The van der Waals surface area contributed by atoms with Gasteiger partial charge in [-0.15, -0.1) is 0 Å². The molecule has 80 valence electrons. The Balaban J connectivity index is 0. The van der Waals surface area contributed by atoms with E-state index in [0.717, 1.165) is 11.3 Å². The molecule has 1 heteroatoms. The molecule has 0 aliphatic carbocycles. The molecule has 0 spiro atoms. The zero-order valence-electron chi connectivity index (χ0n) is 10.0. The van der Waals surface area contributed by atoms with Crippen LogP contribution in [0.1, 0.15) is 34.6 Å². The summed E-state index contributed by atoms with van der Waals surface area (Å²) >= 11 is 0. The lowest BCUT2D eigenvalue weighted by molar-refractivity contribution is 0.366. The third kappa shape index (κ3) is 10.8. The Labute approximate surface area is 88.5 Å². The van der Waals surface area contributed by atoms with Crippen molar-refractivity contribution in [2.45, 2.75) is 34.6 Å². The van der Waals surface area contributed by atoms with Crippen molar-refractivity contribution in [1.29, 1.82) is 0 Å². The number of hydrogen-bond acceptors (Lipinski definition) is 1. The van der Waals surface area contributed by atoms with Crippen molar-refractivity contribution in [3.05, 3.63) is 48.5 Å². The molecule has 1 nitrogen and oxygen atoms in total. The highest BCUT2D eigenvalue weighted by Gasteiger charge is 1.85. The van der Waals surface area contributed by atoms with E-state index in [1.165, 1.54) is 0 Å². The molecule has 0 heterocycles. The van der Waals surface area contributed by atoms with E-state index in [2.05, 4.69) is 6.58 Å². The molecule has 0 amide bonds. The Morgan fingerprint density at radius 2 is 1.71 bits per heavy atom. The average molecular weight is 194 g/mol. The maximum absolute atomic E-state index is 5.24. The van der Waals surface area contributed by atoms with E-state index < -0.39 is 0 Å². The minimum atomic E-state index is 0.830. The molecule has 0 bridgehead atoms. The standard InChI is InChI=1S/C11H16O.C2H6/c1-5-9-12-11(6-2)8-7-10(3)4;1-2/h5-9H,3H2,1-2,4H3;1-2H3/b8-7-,9-5+,11-6+;. The van der Waals surface area contributed by atoms with Crippen LogP contribution in [0.5, 0.6) is 0 Å². The first-order valence-corrected chi connectivity index (χ1v) is 4.98. The fourth-order valence-electron chi connectivity index (χ4n) is 0.575. The fourth-order valence-corrected chi connectivity index (χ4v) is 0.575. The normalized spacial score (nSPS) is 11.4. The molecule has 0 aromatic rings. The minimum Gasteiger partial charge on any atom is -0.466 e. The number of ether oxygens (including phenoxy) is 1. The fraction of sp³-hybridized carbons (Fsp3) is 0.385. The smallest absolute Gasteiger partial charge is 0.122 e. The Hall–Kier alpha value is -1.24. The van der Waals surface area contributed by atoms with Gasteiger partial charge >= 0.3 is 0 Å². The predicted octanol–water partition coefficient (Wildman–Crippen LogP) is 4.60. The van der Waals surface area contributed by atoms with Crippen LogP contribution in [-0.4, -0.2) is 0 Å². The summed E-state index contributed by atoms with van der Waals surface area (Å²) in [5.74, 6) is 0.830. The minimum absolute atomic E-state index is 0.830. The highest BCUT2D eigenvalue weighted by atomic mass is 16.5. The van der Waals surface area contributed by atoms with Crippen molar-refractivity contribution in [2.75, 3.05) is 0 Å². The number of rotatable bonds is 4. The number of hydrogen-bond donors (Lipinski definition) is 0. The molecule has 0 aromatic carbocycles. The topological polar surface area (TPSA) is 9.23 Å². The largest absolute Gasteiger partial charge is 0.466 e. The summed E-state index contributed by atoms with van der Waals surface area (Å²) in [6, 6.07) is 0. The van der Waals surface area contributed by atoms with Crippen molar-refractivity contribution >= 4 is 0 Å². The van der Waals surface area contributed by atoms with Crippen LogP contribution in [0.2, 0.25) is 0 Å². The summed E-state index contributed by atoms with van der Waals surface area (Å²) < 4.78 is 5.24. The zero-order valence-corrected chi connectivity index (χ0v) is 10.0. The first-order chi connectivity index (χ1) is 6.70. The lowest BCUT2D eigenvalue weighted by atomic mass is 10.3. The van der Waals surface area contributed by atoms with Gasteiger partial charge in [-0.25, -0.2) is 0 Å². The molecule has 0 aliphatic rings. The lowest BCUT2D eigenvalue weighted by Gasteiger charge is -1.98. The molecule has 0 N–H and O–H groups in total. The van der Waals surface area contributed by atoms with Crippen LogP contribution < -0.4 is 0 Å². The quantitative estimate of drug-likeness (QED) is 0.469. The van der Waals surface area contributed by atoms with Gasteiger partial charge in [-0.2, -0.15) is 0 Å². The van der Waals surface area contributed by atoms with E-state index >= 15 is 0 Å². The molecule has 14 heavy (non-hydrogen) atoms. The van der Waals surface area contributed by atoms with Crippen molar-refractivity contribution < 1.29 is 4.74 Å². The highest BCUT2D eigenvalue weighted by molar-refractivity contribution is 5.21. The summed E-state index contributed by atoms with van der Waals surface area (Å²) in [5.41, 5.74) is 1.01. The van der Waals surface area contributed by atoms with Gasteiger partial charge in [0, 0.05) is 0 Å². The lowest BCUT2D eigenvalue weighted by Crippen LogP contribution is -1.79. The van der Waals surface area contributed by atoms with Gasteiger partial charge in [0.2, 0.25) is 0 Å². The van der Waals surface area contributed by atoms with Gasteiger partial charge in [0.15, 0.2) is 0 Å². The van der Waals surface area contributed by atoms with Crippen molar-refractivity contribution in [2.24, 2.45) is 0 Å². The maximum atomic E-state index is 5.24. The van der Waals surface area contributed by atoms with E-state index in [1.807, 2.05) is 58.9 Å². The molecule has 0 radical (unpaired) electrons. The maximum Gasteiger partial charge on any atom is 0.122 e. The van der Waals surface area contributed by atoms with E-state index in [9.17, 15) is 0 Å². The van der Waals surface area contributed by atoms with E-state index in [1.54, 1.807) is 6.26 Å². The van der Waals surface area contributed by atoms with Gasteiger partial charge in [0.05, 0.1) is 6.26 Å². The second-order valence-electron chi connectivity index (χ2n) is 2.46. The zero-order chi connectivity index (χ0) is 11.4. The average Bonchev–Trinajstić information content (AvgIpc) is 2.21. The highest BCUT2D eigenvalue weighted by Crippen LogP contribution is 2.02. The second kappa shape index (κ2) is 11.8. The molecule has 0 saturated heterocycles. The molecule has 0 saturated carbocycles. The van der Waals surface area contributed by atoms with Gasteiger partial charge in [0.1, 0.15) is 5.76 Å². The summed E-state index contributed by atoms with van der Waals surface area (Å²) in [4.78, 5) is 0. The molecule has 0 atom stereocenters. The van der Waals surface area contributed by atoms with Crippen LogP contribution in [0.15, 0.2) is 48.5 Å². The molecule has 0 rings (SSSR count). The SMILES string of the molecule is C=C(C)/C=C\C(=C/C)O/C=C/C.CC. The third-order valence-electron chi connectivity index (χ3n) is 1.16. The molecule has 0 aromatic heterocycles. The molecule has 0 fully saturated rings. The first-order valence-electron chi connectivity index (χ1n) is 4.98. The Morgan fingerprint density at radius 3 is 2.07 bits per heavy atom. The monoisotopic (exact) mass is 194 g/mol. The summed E-state index contributed by atoms with van der Waals surface area (Å²) in [7, 11) is 0. The van der Waals surface area contributed by atoms with Crippen LogP contribution in [0, 0.1) is 0 Å². The third-order valence-corrected chi connectivity index (χ3v) is 1.16. The Kier molecular flexibility index (Phi) is 12.8. The van der Waals surface area contributed by atoms with Crippen molar-refractivity contribution in [1.82, 2.24) is 0 Å². The summed E-state index contributed by atoms with van der Waals surface area (Å²) in [6.45, 7) is 13.5. The predicted molar refractivity (Wildman–Crippen MR) is 65.0 cm³/mol. The summed E-state index contributed by atoms with van der Waals surface area (Å²) in [5, 5.41) is 0. The van der Waals surface area contributed by atoms with E-state index in [4.69, 9.17) is 4.74 Å². The van der Waals surface area contributed by atoms with Crippen LogP contribution >= 0.6 is 0 Å². The van der Waals surface area contributed by atoms with Crippen LogP contribution in [0.25, 0.3) is 0 Å². The van der Waals surface area contributed by atoms with Gasteiger partial charge in [-0.3, -0.25) is 0 Å². The van der Waals surface area contributed by atoms with Crippen molar-refractivity contribution in [3.63, 3.8) is 0 Å². The first kappa shape index (κ1) is 15.2. The molecule has 0 aliphatic heterocycles. The second-order valence-corrected chi connectivity index (χ2v) is 2.46. The van der Waals surface area contributed by atoms with Crippen molar-refractivity contribution in [3.8, 4) is 0 Å². The van der Waals surface area contributed by atoms with Gasteiger partial charge in [-0.1, -0.05) is 38.2 Å². The van der Waals surface area contributed by atoms with Crippen LogP contribution in [0.4, 0.5) is 0 Å². The van der Waals surface area contributed by atoms with E-state index in [0.29, 0.717) is 0 Å². The van der Waals surface area contributed by atoms with E-state index in [-0.39, 0.29) is 0 Å². The Morgan fingerprint density at radius 1 is 1.14 bits per heavy atom. The summed E-state index contributed by atoms with van der Waals surface area (Å²) in [6.07, 6.45) is 9.21. The molecular weight excluding hydrogens is 172 g/mol. The molecule has 0 unspecified atom stereocenters. The number of allylic oxidation sites excluding steroid dienone is 5. The van der Waals surface area contributed by atoms with Gasteiger partial charge in [0.25, 0.3) is 0 Å².